The van der Waals surface area contributed by atoms with Crippen molar-refractivity contribution in [2.45, 2.75) is 25.4 Å². The number of fused-ring (bicyclic) bond motifs is 2. The highest BCUT2D eigenvalue weighted by molar-refractivity contribution is 7.17. The first kappa shape index (κ1) is 22.1. The van der Waals surface area contributed by atoms with E-state index in [0.717, 1.165) is 27.6 Å². The third kappa shape index (κ3) is 4.71. The maximum Gasteiger partial charge on any atom is 0.326 e. The van der Waals surface area contributed by atoms with E-state index in [-0.39, 0.29) is 18.9 Å². The average Bonchev–Trinajstić information content (AvgIpc) is 3.20. The maximum absolute atomic E-state index is 12.7. The molecule has 7 nitrogen and oxygen atoms in total. The molecule has 2 N–H and O–H groups in total. The summed E-state index contributed by atoms with van der Waals surface area (Å²) < 4.78 is 11.9. The number of rotatable bonds is 8. The molecular formula is C24H26N2O5S. The monoisotopic (exact) mass is 454 g/mol. The number of carbonyl (C=O) groups excluding carboxylic acids is 1. The van der Waals surface area contributed by atoms with Crippen LogP contribution in [0.2, 0.25) is 0 Å². The first-order valence-corrected chi connectivity index (χ1v) is 11.3. The van der Waals surface area contributed by atoms with Gasteiger partial charge in [-0.2, -0.15) is 0 Å². The minimum absolute atomic E-state index is 0.141. The van der Waals surface area contributed by atoms with Crippen molar-refractivity contribution in [3.63, 3.8) is 0 Å². The third-order valence-corrected chi connectivity index (χ3v) is 6.80. The van der Waals surface area contributed by atoms with E-state index in [1.807, 2.05) is 46.7 Å². The maximum atomic E-state index is 12.7. The molecular weight excluding hydrogens is 428 g/mol. The van der Waals surface area contributed by atoms with Crippen LogP contribution in [0.15, 0.2) is 41.8 Å². The Morgan fingerprint density at radius 2 is 1.88 bits per heavy atom. The summed E-state index contributed by atoms with van der Waals surface area (Å²) in [6.45, 7) is 1.45. The fraction of sp³-hybridized carbons (Fsp3) is 0.333. The molecule has 1 unspecified atom stereocenters. The fourth-order valence-corrected chi connectivity index (χ4v) is 5.11. The Kier molecular flexibility index (Phi) is 6.62. The lowest BCUT2D eigenvalue weighted by atomic mass is 9.98. The number of ether oxygens (including phenoxy) is 2. The molecule has 0 saturated carbocycles. The summed E-state index contributed by atoms with van der Waals surface area (Å²) in [5, 5.41) is 15.4. The summed E-state index contributed by atoms with van der Waals surface area (Å²) in [4.78, 5) is 26.5. The smallest absolute Gasteiger partial charge is 0.326 e. The third-order valence-electron chi connectivity index (χ3n) is 5.78. The lowest BCUT2D eigenvalue weighted by molar-refractivity contribution is -0.142. The van der Waals surface area contributed by atoms with Crippen LogP contribution in [-0.2, 0) is 29.0 Å². The highest BCUT2D eigenvalue weighted by Crippen LogP contribution is 2.33. The van der Waals surface area contributed by atoms with Gasteiger partial charge in [-0.15, -0.1) is 11.3 Å². The van der Waals surface area contributed by atoms with E-state index in [1.165, 1.54) is 5.56 Å². The Hall–Kier alpha value is -3.10. The van der Waals surface area contributed by atoms with Crippen LogP contribution >= 0.6 is 11.3 Å². The number of hydrogen-bond donors (Lipinski definition) is 2. The summed E-state index contributed by atoms with van der Waals surface area (Å²) in [5.74, 6) is 0.0319. The SMILES string of the molecule is COc1cc2c(cc1OC)CN(CC(=O)NC(Cc1csc3ccccc13)C(=O)O)CC2. The summed E-state index contributed by atoms with van der Waals surface area (Å²) in [5.41, 5.74) is 3.19. The zero-order valence-electron chi connectivity index (χ0n) is 18.1. The zero-order chi connectivity index (χ0) is 22.7. The standard InChI is InChI=1S/C24H26N2O5S/c1-30-20-10-15-7-8-26(12-16(15)11-21(20)31-2)13-23(27)25-19(24(28)29)9-17-14-32-22-6-4-3-5-18(17)22/h3-6,10-11,14,19H,7-9,12-13H2,1-2H3,(H,25,27)(H,28,29). The molecule has 1 aliphatic heterocycles. The molecule has 0 aliphatic carbocycles. The van der Waals surface area contributed by atoms with Gasteiger partial charge in [0.25, 0.3) is 0 Å². The lowest BCUT2D eigenvalue weighted by Gasteiger charge is -2.29. The highest BCUT2D eigenvalue weighted by atomic mass is 32.1. The number of nitrogens with zero attached hydrogens (tertiary/aromatic N) is 1. The van der Waals surface area contributed by atoms with Crippen molar-refractivity contribution in [3.8, 4) is 11.5 Å². The van der Waals surface area contributed by atoms with E-state index in [2.05, 4.69) is 5.32 Å². The number of carboxylic acid groups (broad SMARTS) is 1. The van der Waals surface area contributed by atoms with Crippen molar-refractivity contribution >= 4 is 33.3 Å². The van der Waals surface area contributed by atoms with E-state index >= 15 is 0 Å². The molecule has 1 atom stereocenters. The Morgan fingerprint density at radius 3 is 2.59 bits per heavy atom. The van der Waals surface area contributed by atoms with E-state index in [4.69, 9.17) is 9.47 Å². The van der Waals surface area contributed by atoms with Gasteiger partial charge in [-0.1, -0.05) is 18.2 Å². The quantitative estimate of drug-likeness (QED) is 0.544. The van der Waals surface area contributed by atoms with Gasteiger partial charge in [0.1, 0.15) is 6.04 Å². The van der Waals surface area contributed by atoms with Crippen LogP contribution in [0.5, 0.6) is 11.5 Å². The summed E-state index contributed by atoms with van der Waals surface area (Å²) in [6, 6.07) is 10.8. The van der Waals surface area contributed by atoms with Crippen LogP contribution in [0.4, 0.5) is 0 Å². The molecule has 32 heavy (non-hydrogen) atoms. The Labute approximate surface area is 190 Å². The van der Waals surface area contributed by atoms with Crippen molar-refractivity contribution < 1.29 is 24.2 Å². The number of aliphatic carboxylic acids is 1. The largest absolute Gasteiger partial charge is 0.493 e. The van der Waals surface area contributed by atoms with E-state index < -0.39 is 12.0 Å². The molecule has 0 fully saturated rings. The van der Waals surface area contributed by atoms with Crippen LogP contribution < -0.4 is 14.8 Å². The van der Waals surface area contributed by atoms with Gasteiger partial charge in [0.15, 0.2) is 11.5 Å². The van der Waals surface area contributed by atoms with Crippen LogP contribution in [-0.4, -0.2) is 55.2 Å². The van der Waals surface area contributed by atoms with Gasteiger partial charge in [-0.3, -0.25) is 9.69 Å². The Morgan fingerprint density at radius 1 is 1.16 bits per heavy atom. The number of amides is 1. The average molecular weight is 455 g/mol. The molecule has 0 spiro atoms. The molecule has 2 aromatic carbocycles. The first-order chi connectivity index (χ1) is 15.5. The van der Waals surface area contributed by atoms with Gasteiger partial charge in [0.05, 0.1) is 20.8 Å². The molecule has 1 aliphatic rings. The molecule has 1 aromatic heterocycles. The van der Waals surface area contributed by atoms with E-state index in [0.29, 0.717) is 24.6 Å². The normalized spacial score (nSPS) is 14.6. The molecule has 8 heteroatoms. The van der Waals surface area contributed by atoms with Crippen LogP contribution in [0, 0.1) is 0 Å². The second kappa shape index (κ2) is 9.58. The second-order valence-corrected chi connectivity index (χ2v) is 8.77. The van der Waals surface area contributed by atoms with Gasteiger partial charge in [0, 0.05) is 24.2 Å². The number of thiophene rings is 1. The molecule has 4 rings (SSSR count). The number of carboxylic acids is 1. The lowest BCUT2D eigenvalue weighted by Crippen LogP contribution is -2.47. The molecule has 0 saturated heterocycles. The second-order valence-electron chi connectivity index (χ2n) is 7.86. The van der Waals surface area contributed by atoms with Crippen LogP contribution in [0.1, 0.15) is 16.7 Å². The van der Waals surface area contributed by atoms with Gasteiger partial charge < -0.3 is 19.9 Å². The number of benzene rings is 2. The molecule has 2 heterocycles. The highest BCUT2D eigenvalue weighted by Gasteiger charge is 2.25. The van der Waals surface area contributed by atoms with Crippen molar-refractivity contribution in [2.24, 2.45) is 0 Å². The Bertz CT molecular complexity index is 1140. The number of carbonyl (C=O) groups is 2. The molecule has 0 radical (unpaired) electrons. The van der Waals surface area contributed by atoms with Crippen molar-refractivity contribution in [3.05, 3.63) is 58.5 Å². The predicted octanol–water partition coefficient (Wildman–Crippen LogP) is 3.09. The fourth-order valence-electron chi connectivity index (χ4n) is 4.13. The van der Waals surface area contributed by atoms with Crippen molar-refractivity contribution in [1.82, 2.24) is 10.2 Å². The number of nitrogens with one attached hydrogen (secondary N) is 1. The summed E-state index contributed by atoms with van der Waals surface area (Å²) in [6.07, 6.45) is 1.04. The zero-order valence-corrected chi connectivity index (χ0v) is 18.9. The van der Waals surface area contributed by atoms with Crippen molar-refractivity contribution in [2.75, 3.05) is 27.3 Å². The number of methoxy groups -OCH3 is 2. The predicted molar refractivity (Wildman–Crippen MR) is 124 cm³/mol. The topological polar surface area (TPSA) is 88.1 Å². The summed E-state index contributed by atoms with van der Waals surface area (Å²) >= 11 is 1.58. The van der Waals surface area contributed by atoms with Gasteiger partial charge >= 0.3 is 5.97 Å². The van der Waals surface area contributed by atoms with E-state index in [9.17, 15) is 14.7 Å². The molecule has 3 aromatic rings. The summed E-state index contributed by atoms with van der Waals surface area (Å²) in [7, 11) is 3.21. The van der Waals surface area contributed by atoms with Crippen LogP contribution in [0.25, 0.3) is 10.1 Å². The van der Waals surface area contributed by atoms with Crippen molar-refractivity contribution in [1.29, 1.82) is 0 Å². The first-order valence-electron chi connectivity index (χ1n) is 10.4. The molecule has 168 valence electrons. The Balaban J connectivity index is 1.40. The van der Waals surface area contributed by atoms with Gasteiger partial charge in [-0.25, -0.2) is 4.79 Å². The molecule has 1 amide bonds. The minimum atomic E-state index is -1.03. The molecule has 0 bridgehead atoms. The van der Waals surface area contributed by atoms with Gasteiger partial charge in [-0.05, 0) is 52.1 Å². The van der Waals surface area contributed by atoms with Crippen LogP contribution in [0.3, 0.4) is 0 Å². The van der Waals surface area contributed by atoms with E-state index in [1.54, 1.807) is 25.6 Å². The van der Waals surface area contributed by atoms with Gasteiger partial charge in [0.2, 0.25) is 5.91 Å². The minimum Gasteiger partial charge on any atom is -0.493 e. The number of hydrogen-bond acceptors (Lipinski definition) is 6.